The van der Waals surface area contributed by atoms with E-state index in [1.54, 1.807) is 0 Å². The van der Waals surface area contributed by atoms with E-state index in [1.807, 2.05) is 30.3 Å². The predicted molar refractivity (Wildman–Crippen MR) is 70.5 cm³/mol. The first-order valence-electron chi connectivity index (χ1n) is 6.22. The molecule has 0 saturated carbocycles. The molecule has 0 amide bonds. The van der Waals surface area contributed by atoms with Gasteiger partial charge in [-0.1, -0.05) is 24.2 Å². The van der Waals surface area contributed by atoms with Crippen molar-refractivity contribution < 1.29 is 9.26 Å². The third-order valence-corrected chi connectivity index (χ3v) is 2.55. The molecule has 1 heterocycles. The van der Waals surface area contributed by atoms with Gasteiger partial charge in [-0.2, -0.15) is 0 Å². The molecule has 2 N–H and O–H groups in total. The lowest BCUT2D eigenvalue weighted by Crippen LogP contribution is -2.01. The molecule has 2 aromatic rings. The third kappa shape index (κ3) is 3.11. The number of aromatic nitrogens is 1. The van der Waals surface area contributed by atoms with Gasteiger partial charge in [0.2, 0.25) is 0 Å². The lowest BCUT2D eigenvalue weighted by molar-refractivity contribution is 0.317. The summed E-state index contributed by atoms with van der Waals surface area (Å²) in [6.07, 6.45) is 1.70. The smallest absolute Gasteiger partial charge is 0.138 e. The minimum Gasteiger partial charge on any atom is -0.494 e. The van der Waals surface area contributed by atoms with Gasteiger partial charge >= 0.3 is 0 Å². The van der Waals surface area contributed by atoms with E-state index in [0.29, 0.717) is 13.0 Å². The average Bonchev–Trinajstić information content (AvgIpc) is 2.86. The van der Waals surface area contributed by atoms with Crippen LogP contribution in [0.2, 0.25) is 0 Å². The highest BCUT2D eigenvalue weighted by Gasteiger charge is 2.06. The SMILES string of the molecule is CCCOc1cccc(-c2cc(CCN)on2)c1. The number of nitrogens with two attached hydrogens (primary N) is 1. The lowest BCUT2D eigenvalue weighted by atomic mass is 10.1. The van der Waals surface area contributed by atoms with Crippen molar-refractivity contribution in [1.82, 2.24) is 5.16 Å². The lowest BCUT2D eigenvalue weighted by Gasteiger charge is -2.05. The van der Waals surface area contributed by atoms with E-state index in [4.69, 9.17) is 15.0 Å². The van der Waals surface area contributed by atoms with E-state index >= 15 is 0 Å². The summed E-state index contributed by atoms with van der Waals surface area (Å²) < 4.78 is 10.8. The first-order valence-corrected chi connectivity index (χ1v) is 6.22. The van der Waals surface area contributed by atoms with Gasteiger partial charge in [0.1, 0.15) is 17.2 Å². The maximum absolute atomic E-state index is 5.59. The molecule has 4 heteroatoms. The minimum absolute atomic E-state index is 0.564. The minimum atomic E-state index is 0.564. The molecule has 0 aliphatic rings. The quantitative estimate of drug-likeness (QED) is 0.851. The molecule has 0 fully saturated rings. The number of hydrogen-bond donors (Lipinski definition) is 1. The summed E-state index contributed by atoms with van der Waals surface area (Å²) in [4.78, 5) is 0. The van der Waals surface area contributed by atoms with Gasteiger partial charge in [0.05, 0.1) is 6.61 Å². The van der Waals surface area contributed by atoms with E-state index in [1.165, 1.54) is 0 Å². The van der Waals surface area contributed by atoms with Crippen molar-refractivity contribution in [1.29, 1.82) is 0 Å². The fourth-order valence-corrected chi connectivity index (χ4v) is 1.67. The van der Waals surface area contributed by atoms with Gasteiger partial charge < -0.3 is 15.0 Å². The average molecular weight is 246 g/mol. The first kappa shape index (κ1) is 12.6. The molecule has 0 bridgehead atoms. The van der Waals surface area contributed by atoms with Crippen LogP contribution in [0.3, 0.4) is 0 Å². The van der Waals surface area contributed by atoms with Gasteiger partial charge in [-0.3, -0.25) is 0 Å². The second kappa shape index (κ2) is 6.21. The molecule has 96 valence electrons. The third-order valence-electron chi connectivity index (χ3n) is 2.55. The van der Waals surface area contributed by atoms with Crippen LogP contribution in [0.5, 0.6) is 5.75 Å². The van der Waals surface area contributed by atoms with Crippen LogP contribution in [-0.4, -0.2) is 18.3 Å². The summed E-state index contributed by atoms with van der Waals surface area (Å²) in [6.45, 7) is 3.37. The highest BCUT2D eigenvalue weighted by atomic mass is 16.5. The van der Waals surface area contributed by atoms with Crippen LogP contribution in [0.4, 0.5) is 0 Å². The van der Waals surface area contributed by atoms with Crippen LogP contribution in [0.15, 0.2) is 34.9 Å². The van der Waals surface area contributed by atoms with Crippen molar-refractivity contribution in [2.45, 2.75) is 19.8 Å². The molecule has 0 spiro atoms. The maximum atomic E-state index is 5.59. The standard InChI is InChI=1S/C14H18N2O2/c1-2-8-17-12-5-3-4-11(9-12)14-10-13(6-7-15)18-16-14/h3-5,9-10H,2,6-8,15H2,1H3. The van der Waals surface area contributed by atoms with Gasteiger partial charge in [0.15, 0.2) is 0 Å². The molecule has 0 radical (unpaired) electrons. The number of rotatable bonds is 6. The van der Waals surface area contributed by atoms with E-state index in [9.17, 15) is 0 Å². The maximum Gasteiger partial charge on any atom is 0.138 e. The summed E-state index contributed by atoms with van der Waals surface area (Å²) in [5, 5.41) is 4.04. The number of hydrogen-bond acceptors (Lipinski definition) is 4. The van der Waals surface area contributed by atoms with Gasteiger partial charge in [-0.05, 0) is 25.1 Å². The van der Waals surface area contributed by atoms with Crippen molar-refractivity contribution in [3.05, 3.63) is 36.1 Å². The molecule has 0 aliphatic carbocycles. The molecular formula is C14H18N2O2. The van der Waals surface area contributed by atoms with Gasteiger partial charge in [0.25, 0.3) is 0 Å². The fraction of sp³-hybridized carbons (Fsp3) is 0.357. The number of nitrogens with zero attached hydrogens (tertiary/aromatic N) is 1. The highest BCUT2D eigenvalue weighted by Crippen LogP contribution is 2.23. The molecule has 0 unspecified atom stereocenters. The van der Waals surface area contributed by atoms with Crippen molar-refractivity contribution in [2.75, 3.05) is 13.2 Å². The summed E-state index contributed by atoms with van der Waals surface area (Å²) >= 11 is 0. The van der Waals surface area contributed by atoms with Crippen LogP contribution in [0.1, 0.15) is 19.1 Å². The summed E-state index contributed by atoms with van der Waals surface area (Å²) in [5.41, 5.74) is 7.30. The van der Waals surface area contributed by atoms with E-state index < -0.39 is 0 Å². The molecule has 0 atom stereocenters. The Morgan fingerprint density at radius 3 is 3.00 bits per heavy atom. The zero-order valence-electron chi connectivity index (χ0n) is 10.6. The fourth-order valence-electron chi connectivity index (χ4n) is 1.67. The summed E-state index contributed by atoms with van der Waals surface area (Å²) in [5.74, 6) is 1.67. The highest BCUT2D eigenvalue weighted by molar-refractivity contribution is 5.60. The molecule has 1 aromatic heterocycles. The molecule has 18 heavy (non-hydrogen) atoms. The Kier molecular flexibility index (Phi) is 4.36. The van der Waals surface area contributed by atoms with Gasteiger partial charge in [-0.25, -0.2) is 0 Å². The first-order chi connectivity index (χ1) is 8.83. The van der Waals surface area contributed by atoms with Crippen LogP contribution in [-0.2, 0) is 6.42 Å². The Balaban J connectivity index is 2.15. The summed E-state index contributed by atoms with van der Waals surface area (Å²) in [7, 11) is 0. The predicted octanol–water partition coefficient (Wildman–Crippen LogP) is 2.63. The van der Waals surface area contributed by atoms with Crippen LogP contribution in [0.25, 0.3) is 11.3 Å². The molecule has 4 nitrogen and oxygen atoms in total. The molecule has 2 rings (SSSR count). The molecule has 0 aliphatic heterocycles. The van der Waals surface area contributed by atoms with E-state index in [2.05, 4.69) is 12.1 Å². The second-order valence-electron chi connectivity index (χ2n) is 4.09. The van der Waals surface area contributed by atoms with Crippen molar-refractivity contribution in [3.63, 3.8) is 0 Å². The monoisotopic (exact) mass is 246 g/mol. The van der Waals surface area contributed by atoms with Gasteiger partial charge in [-0.15, -0.1) is 0 Å². The Hall–Kier alpha value is -1.81. The molecular weight excluding hydrogens is 228 g/mol. The number of benzene rings is 1. The Morgan fingerprint density at radius 1 is 1.33 bits per heavy atom. The van der Waals surface area contributed by atoms with Crippen molar-refractivity contribution >= 4 is 0 Å². The van der Waals surface area contributed by atoms with Crippen molar-refractivity contribution in [2.24, 2.45) is 5.73 Å². The Bertz CT molecular complexity index is 494. The van der Waals surface area contributed by atoms with Gasteiger partial charge in [0, 0.05) is 18.1 Å². The molecule has 0 saturated heterocycles. The largest absolute Gasteiger partial charge is 0.494 e. The van der Waals surface area contributed by atoms with Crippen LogP contribution in [0, 0.1) is 0 Å². The second-order valence-corrected chi connectivity index (χ2v) is 4.09. The topological polar surface area (TPSA) is 61.3 Å². The van der Waals surface area contributed by atoms with Crippen LogP contribution >= 0.6 is 0 Å². The zero-order chi connectivity index (χ0) is 12.8. The number of ether oxygens (including phenoxy) is 1. The molecule has 1 aromatic carbocycles. The Morgan fingerprint density at radius 2 is 2.22 bits per heavy atom. The normalized spacial score (nSPS) is 10.6. The van der Waals surface area contributed by atoms with Crippen LogP contribution < -0.4 is 10.5 Å². The van der Waals surface area contributed by atoms with E-state index in [0.717, 1.165) is 35.8 Å². The zero-order valence-corrected chi connectivity index (χ0v) is 10.6. The van der Waals surface area contributed by atoms with E-state index in [-0.39, 0.29) is 0 Å². The Labute approximate surface area is 107 Å². The van der Waals surface area contributed by atoms with Crippen molar-refractivity contribution in [3.8, 4) is 17.0 Å². The summed E-state index contributed by atoms with van der Waals surface area (Å²) in [6, 6.07) is 9.78.